The van der Waals surface area contributed by atoms with Gasteiger partial charge in [-0.25, -0.2) is 0 Å². The summed E-state index contributed by atoms with van der Waals surface area (Å²) in [6.45, 7) is 10.9. The molecule has 0 spiro atoms. The van der Waals surface area contributed by atoms with Crippen molar-refractivity contribution in [3.05, 3.63) is 0 Å². The fourth-order valence-electron chi connectivity index (χ4n) is 4.88. The van der Waals surface area contributed by atoms with E-state index in [1.807, 2.05) is 0 Å². The van der Waals surface area contributed by atoms with Gasteiger partial charge in [-0.2, -0.15) is 0 Å². The molecule has 0 aliphatic heterocycles. The zero-order valence-electron chi connectivity index (χ0n) is 28.7. The van der Waals surface area contributed by atoms with Crippen LogP contribution in [0.5, 0.6) is 0 Å². The Labute approximate surface area is 258 Å². The van der Waals surface area contributed by atoms with Gasteiger partial charge in [0, 0.05) is 12.8 Å². The van der Waals surface area contributed by atoms with Crippen LogP contribution in [-0.4, -0.2) is 24.9 Å². The first-order valence-corrected chi connectivity index (χ1v) is 18.2. The van der Waals surface area contributed by atoms with Gasteiger partial charge in [0.15, 0.2) is 0 Å². The van der Waals surface area contributed by atoms with Crippen LogP contribution in [0.25, 0.3) is 0 Å². The zero-order valence-corrected chi connectivity index (χ0v) is 28.7. The Hall–Kier alpha value is -1.10. The smallest absolute Gasteiger partial charge is 0.217 e. The van der Waals surface area contributed by atoms with Crippen LogP contribution in [0.2, 0.25) is 0 Å². The molecule has 0 aliphatic rings. The van der Waals surface area contributed by atoms with Crippen molar-refractivity contribution < 1.29 is 9.59 Å². The van der Waals surface area contributed by atoms with Gasteiger partial charge >= 0.3 is 0 Å². The molecule has 0 rings (SSSR count). The number of nitrogens with one attached hydrogen (secondary N) is 1. The Balaban J connectivity index is -0.000000604. The number of carbonyl (C=O) groups is 2. The van der Waals surface area contributed by atoms with Gasteiger partial charge in [-0.3, -0.25) is 9.59 Å². The summed E-state index contributed by atoms with van der Waals surface area (Å²) in [7, 11) is 0. The molecule has 0 heterocycles. The van der Waals surface area contributed by atoms with E-state index in [4.69, 9.17) is 11.5 Å². The SMILES string of the molecule is CCCCCCCCCCCCCCCC(N)=O.CCCCCCCCCCCCCCCC(N)=O.CCNCC. The molecule has 0 saturated carbocycles. The van der Waals surface area contributed by atoms with Crippen LogP contribution in [0.15, 0.2) is 0 Å². The number of hydrogen-bond donors (Lipinski definition) is 3. The Morgan fingerprint density at radius 3 is 0.707 bits per heavy atom. The standard InChI is InChI=1S/2C16H33NO.C4H11N/c2*1-2-3-4-5-6-7-8-9-10-11-12-13-14-15-16(17)18;1-3-5-4-2/h2*2-15H2,1H3,(H2,17,18);5H,3-4H2,1-2H3. The highest BCUT2D eigenvalue weighted by Gasteiger charge is 1.97. The molecule has 0 aromatic rings. The summed E-state index contributed by atoms with van der Waals surface area (Å²) >= 11 is 0. The lowest BCUT2D eigenvalue weighted by molar-refractivity contribution is -0.119. The molecule has 0 atom stereocenters. The molecule has 41 heavy (non-hydrogen) atoms. The van der Waals surface area contributed by atoms with E-state index in [2.05, 4.69) is 33.0 Å². The van der Waals surface area contributed by atoms with Crippen molar-refractivity contribution >= 4 is 11.8 Å². The molecular formula is C36H77N3O2. The highest BCUT2D eigenvalue weighted by Crippen LogP contribution is 2.14. The molecule has 5 heteroatoms. The van der Waals surface area contributed by atoms with Crippen LogP contribution >= 0.6 is 0 Å². The third-order valence-corrected chi connectivity index (χ3v) is 7.55. The van der Waals surface area contributed by atoms with E-state index < -0.39 is 0 Å². The molecular weight excluding hydrogens is 506 g/mol. The van der Waals surface area contributed by atoms with Crippen LogP contribution in [-0.2, 0) is 9.59 Å². The van der Waals surface area contributed by atoms with Crippen LogP contribution in [0.3, 0.4) is 0 Å². The van der Waals surface area contributed by atoms with Crippen LogP contribution < -0.4 is 16.8 Å². The number of hydrogen-bond acceptors (Lipinski definition) is 3. The zero-order chi connectivity index (χ0) is 31.1. The number of carbonyl (C=O) groups excluding carboxylic acids is 2. The molecule has 0 radical (unpaired) electrons. The second-order valence-electron chi connectivity index (χ2n) is 11.9. The number of primary amides is 2. The van der Waals surface area contributed by atoms with Gasteiger partial charge < -0.3 is 16.8 Å². The second kappa shape index (κ2) is 43.4. The summed E-state index contributed by atoms with van der Waals surface area (Å²) in [4.78, 5) is 21.0. The number of unbranched alkanes of at least 4 members (excludes halogenated alkanes) is 24. The van der Waals surface area contributed by atoms with E-state index in [1.165, 1.54) is 154 Å². The normalized spacial score (nSPS) is 10.4. The molecule has 248 valence electrons. The van der Waals surface area contributed by atoms with Crippen molar-refractivity contribution in [1.82, 2.24) is 5.32 Å². The van der Waals surface area contributed by atoms with Crippen LogP contribution in [0, 0.1) is 0 Å². The summed E-state index contributed by atoms with van der Waals surface area (Å²) in [5.74, 6) is -0.309. The first-order valence-electron chi connectivity index (χ1n) is 18.2. The van der Waals surface area contributed by atoms with E-state index in [0.29, 0.717) is 12.8 Å². The van der Waals surface area contributed by atoms with Crippen LogP contribution in [0.4, 0.5) is 0 Å². The van der Waals surface area contributed by atoms with Crippen LogP contribution in [0.1, 0.15) is 207 Å². The predicted molar refractivity (Wildman–Crippen MR) is 183 cm³/mol. The second-order valence-corrected chi connectivity index (χ2v) is 11.9. The summed E-state index contributed by atoms with van der Waals surface area (Å²) in [5, 5.41) is 3.11. The van der Waals surface area contributed by atoms with Crippen molar-refractivity contribution in [2.24, 2.45) is 11.5 Å². The predicted octanol–water partition coefficient (Wildman–Crippen LogP) is 10.5. The van der Waals surface area contributed by atoms with E-state index in [0.717, 1.165) is 25.9 Å². The maximum absolute atomic E-state index is 10.5. The molecule has 0 aliphatic carbocycles. The average molecular weight is 584 g/mol. The summed E-state index contributed by atoms with van der Waals surface area (Å²) in [6, 6.07) is 0. The van der Waals surface area contributed by atoms with Crippen molar-refractivity contribution in [3.8, 4) is 0 Å². The Kier molecular flexibility index (Phi) is 46.9. The van der Waals surface area contributed by atoms with Crippen molar-refractivity contribution in [2.45, 2.75) is 207 Å². The third-order valence-electron chi connectivity index (χ3n) is 7.55. The first-order chi connectivity index (χ1) is 20.0. The summed E-state index contributed by atoms with van der Waals surface area (Å²) in [6.07, 6.45) is 35.9. The summed E-state index contributed by atoms with van der Waals surface area (Å²) < 4.78 is 0. The molecule has 2 amide bonds. The van der Waals surface area contributed by atoms with E-state index in [-0.39, 0.29) is 11.8 Å². The number of nitrogens with two attached hydrogens (primary N) is 2. The lowest BCUT2D eigenvalue weighted by atomic mass is 10.0. The van der Waals surface area contributed by atoms with Crippen molar-refractivity contribution in [2.75, 3.05) is 13.1 Å². The van der Waals surface area contributed by atoms with Gasteiger partial charge in [-0.15, -0.1) is 0 Å². The van der Waals surface area contributed by atoms with Gasteiger partial charge in [-0.1, -0.05) is 182 Å². The van der Waals surface area contributed by atoms with E-state index in [1.54, 1.807) is 0 Å². The van der Waals surface area contributed by atoms with Gasteiger partial charge in [0.25, 0.3) is 0 Å². The average Bonchev–Trinajstić information content (AvgIpc) is 2.94. The van der Waals surface area contributed by atoms with E-state index in [9.17, 15) is 9.59 Å². The Morgan fingerprint density at radius 1 is 0.366 bits per heavy atom. The summed E-state index contributed by atoms with van der Waals surface area (Å²) in [5.41, 5.74) is 10.2. The fourth-order valence-corrected chi connectivity index (χ4v) is 4.88. The minimum absolute atomic E-state index is 0.155. The minimum Gasteiger partial charge on any atom is -0.370 e. The van der Waals surface area contributed by atoms with Gasteiger partial charge in [0.05, 0.1) is 0 Å². The van der Waals surface area contributed by atoms with E-state index >= 15 is 0 Å². The van der Waals surface area contributed by atoms with Gasteiger partial charge in [-0.05, 0) is 25.9 Å². The topological polar surface area (TPSA) is 98.2 Å². The van der Waals surface area contributed by atoms with Gasteiger partial charge in [0.1, 0.15) is 0 Å². The maximum atomic E-state index is 10.5. The lowest BCUT2D eigenvalue weighted by Crippen LogP contribution is -2.09. The van der Waals surface area contributed by atoms with Crippen molar-refractivity contribution in [3.63, 3.8) is 0 Å². The number of rotatable bonds is 30. The first kappa shape index (κ1) is 44.3. The quantitative estimate of drug-likeness (QED) is 0.0733. The Morgan fingerprint density at radius 2 is 0.561 bits per heavy atom. The highest BCUT2D eigenvalue weighted by atomic mass is 16.1. The molecule has 5 N–H and O–H groups in total. The van der Waals surface area contributed by atoms with Gasteiger partial charge in [0.2, 0.25) is 11.8 Å². The van der Waals surface area contributed by atoms with Crippen molar-refractivity contribution in [1.29, 1.82) is 0 Å². The monoisotopic (exact) mass is 584 g/mol. The molecule has 0 aromatic carbocycles. The Bertz CT molecular complexity index is 443. The molecule has 0 aromatic heterocycles. The number of amides is 2. The highest BCUT2D eigenvalue weighted by molar-refractivity contribution is 5.73. The maximum Gasteiger partial charge on any atom is 0.217 e. The third kappa shape index (κ3) is 55.5. The minimum atomic E-state index is -0.155. The molecule has 0 saturated heterocycles. The molecule has 0 unspecified atom stereocenters. The fraction of sp³-hybridized carbons (Fsp3) is 0.944. The molecule has 0 fully saturated rings. The largest absolute Gasteiger partial charge is 0.370 e. The lowest BCUT2D eigenvalue weighted by Gasteiger charge is -2.02. The molecule has 0 bridgehead atoms. The molecule has 5 nitrogen and oxygen atoms in total.